The van der Waals surface area contributed by atoms with Crippen LogP contribution in [0.4, 0.5) is 0 Å². The number of hydrogen-bond donors (Lipinski definition) is 2. The lowest BCUT2D eigenvalue weighted by Gasteiger charge is -2.20. The summed E-state index contributed by atoms with van der Waals surface area (Å²) < 4.78 is 0. The fourth-order valence-electron chi connectivity index (χ4n) is 3.06. The lowest BCUT2D eigenvalue weighted by Crippen LogP contribution is -2.09. The van der Waals surface area contributed by atoms with Crippen LogP contribution in [0.15, 0.2) is 55.0 Å². The number of hydrogen-bond acceptors (Lipinski definition) is 2. The van der Waals surface area contributed by atoms with Crippen molar-refractivity contribution in [3.63, 3.8) is 0 Å². The molecule has 1 aromatic heterocycles. The van der Waals surface area contributed by atoms with E-state index in [1.54, 1.807) is 24.5 Å². The van der Waals surface area contributed by atoms with Gasteiger partial charge >= 0.3 is 5.97 Å². The second kappa shape index (κ2) is 6.71. The van der Waals surface area contributed by atoms with Gasteiger partial charge in [-0.15, -0.1) is 0 Å². The Labute approximate surface area is 141 Å². The van der Waals surface area contributed by atoms with Gasteiger partial charge in [0.25, 0.3) is 0 Å². The molecule has 3 aromatic rings. The highest BCUT2D eigenvalue weighted by atomic mass is 16.4. The molecule has 0 aliphatic carbocycles. The third-order valence-electron chi connectivity index (χ3n) is 4.53. The zero-order valence-corrected chi connectivity index (χ0v) is 13.8. The maximum absolute atomic E-state index is 11.2. The first-order chi connectivity index (χ1) is 11.6. The molecule has 4 nitrogen and oxygen atoms in total. The molecule has 1 heterocycles. The standard InChI is InChI=1S/C20H20N2O2/c1-13-5-3-8-17(14(13)2)18(19-11-21-12-22-19)10-15-6-4-7-16(9-15)20(23)24/h3-9,11-12,18H,10H2,1-2H3,(H,21,22)(H,23,24). The lowest BCUT2D eigenvalue weighted by atomic mass is 9.85. The van der Waals surface area contributed by atoms with Crippen molar-refractivity contribution in [3.05, 3.63) is 88.5 Å². The van der Waals surface area contributed by atoms with Crippen LogP contribution in [-0.4, -0.2) is 21.0 Å². The number of benzene rings is 2. The zero-order chi connectivity index (χ0) is 17.1. The summed E-state index contributed by atoms with van der Waals surface area (Å²) >= 11 is 0. The minimum atomic E-state index is -0.901. The van der Waals surface area contributed by atoms with E-state index < -0.39 is 5.97 Å². The molecule has 0 fully saturated rings. The van der Waals surface area contributed by atoms with Crippen molar-refractivity contribution >= 4 is 5.97 Å². The van der Waals surface area contributed by atoms with Crippen LogP contribution in [0.5, 0.6) is 0 Å². The van der Waals surface area contributed by atoms with Crippen molar-refractivity contribution in [1.82, 2.24) is 9.97 Å². The van der Waals surface area contributed by atoms with Gasteiger partial charge in [-0.1, -0.05) is 30.3 Å². The molecule has 0 spiro atoms. The van der Waals surface area contributed by atoms with Crippen molar-refractivity contribution in [2.75, 3.05) is 0 Å². The molecule has 2 aromatic carbocycles. The Morgan fingerprint density at radius 2 is 2.00 bits per heavy atom. The highest BCUT2D eigenvalue weighted by Gasteiger charge is 2.19. The molecule has 1 atom stereocenters. The van der Waals surface area contributed by atoms with Gasteiger partial charge in [-0.3, -0.25) is 0 Å². The first kappa shape index (κ1) is 16.0. The van der Waals surface area contributed by atoms with Crippen LogP contribution < -0.4 is 0 Å². The average Bonchev–Trinajstić information content (AvgIpc) is 3.10. The molecule has 1 unspecified atom stereocenters. The van der Waals surface area contributed by atoms with E-state index in [2.05, 4.69) is 42.0 Å². The predicted octanol–water partition coefficient (Wildman–Crippen LogP) is 4.10. The largest absolute Gasteiger partial charge is 0.478 e. The number of aromatic carboxylic acids is 1. The lowest BCUT2D eigenvalue weighted by molar-refractivity contribution is 0.0696. The van der Waals surface area contributed by atoms with E-state index in [4.69, 9.17) is 0 Å². The highest BCUT2D eigenvalue weighted by Crippen LogP contribution is 2.30. The van der Waals surface area contributed by atoms with Gasteiger partial charge < -0.3 is 10.1 Å². The molecule has 0 saturated carbocycles. The summed E-state index contributed by atoms with van der Waals surface area (Å²) in [5, 5.41) is 9.21. The Kier molecular flexibility index (Phi) is 4.47. The average molecular weight is 320 g/mol. The van der Waals surface area contributed by atoms with Gasteiger partial charge in [0.2, 0.25) is 0 Å². The molecule has 4 heteroatoms. The molecule has 3 rings (SSSR count). The maximum atomic E-state index is 11.2. The normalized spacial score (nSPS) is 12.1. The van der Waals surface area contributed by atoms with E-state index in [-0.39, 0.29) is 5.92 Å². The number of aryl methyl sites for hydroxylation is 1. The second-order valence-corrected chi connectivity index (χ2v) is 6.06. The van der Waals surface area contributed by atoms with Crippen molar-refractivity contribution in [3.8, 4) is 0 Å². The van der Waals surface area contributed by atoms with Gasteiger partial charge in [0.15, 0.2) is 0 Å². The van der Waals surface area contributed by atoms with Crippen LogP contribution in [0.25, 0.3) is 0 Å². The second-order valence-electron chi connectivity index (χ2n) is 6.06. The highest BCUT2D eigenvalue weighted by molar-refractivity contribution is 5.87. The number of H-pyrrole nitrogens is 1. The van der Waals surface area contributed by atoms with Crippen LogP contribution in [0.2, 0.25) is 0 Å². The van der Waals surface area contributed by atoms with Crippen LogP contribution >= 0.6 is 0 Å². The number of carboxylic acid groups (broad SMARTS) is 1. The van der Waals surface area contributed by atoms with E-state index in [1.165, 1.54) is 16.7 Å². The molecule has 0 aliphatic heterocycles. The molecule has 0 aliphatic rings. The van der Waals surface area contributed by atoms with E-state index >= 15 is 0 Å². The van der Waals surface area contributed by atoms with E-state index in [9.17, 15) is 9.90 Å². The fourth-order valence-corrected chi connectivity index (χ4v) is 3.06. The Morgan fingerprint density at radius 3 is 2.71 bits per heavy atom. The zero-order valence-electron chi connectivity index (χ0n) is 13.8. The Morgan fingerprint density at radius 1 is 1.21 bits per heavy atom. The summed E-state index contributed by atoms with van der Waals surface area (Å²) in [6, 6.07) is 13.4. The van der Waals surface area contributed by atoms with Gasteiger partial charge in [0, 0.05) is 17.8 Å². The molecule has 122 valence electrons. The Hall–Kier alpha value is -2.88. The molecule has 0 bridgehead atoms. The number of imidazole rings is 1. The van der Waals surface area contributed by atoms with Crippen LogP contribution in [0.3, 0.4) is 0 Å². The number of rotatable bonds is 5. The minimum absolute atomic E-state index is 0.108. The smallest absolute Gasteiger partial charge is 0.335 e. The summed E-state index contributed by atoms with van der Waals surface area (Å²) in [6.07, 6.45) is 4.24. The summed E-state index contributed by atoms with van der Waals surface area (Å²) in [6.45, 7) is 4.23. The first-order valence-corrected chi connectivity index (χ1v) is 7.93. The Bertz CT molecular complexity index is 854. The topological polar surface area (TPSA) is 66.0 Å². The molecule has 24 heavy (non-hydrogen) atoms. The number of aromatic amines is 1. The summed E-state index contributed by atoms with van der Waals surface area (Å²) in [4.78, 5) is 18.6. The van der Waals surface area contributed by atoms with Gasteiger partial charge in [0.05, 0.1) is 11.9 Å². The number of aromatic nitrogens is 2. The predicted molar refractivity (Wildman–Crippen MR) is 93.5 cm³/mol. The van der Waals surface area contributed by atoms with Gasteiger partial charge in [0.1, 0.15) is 0 Å². The number of nitrogens with one attached hydrogen (secondary N) is 1. The molecular formula is C20H20N2O2. The van der Waals surface area contributed by atoms with Crippen molar-refractivity contribution in [1.29, 1.82) is 0 Å². The minimum Gasteiger partial charge on any atom is -0.478 e. The number of carboxylic acids is 1. The third kappa shape index (κ3) is 3.23. The summed E-state index contributed by atoms with van der Waals surface area (Å²) in [5.41, 5.74) is 6.08. The molecule has 2 N–H and O–H groups in total. The van der Waals surface area contributed by atoms with E-state index in [0.717, 1.165) is 11.3 Å². The fraction of sp³-hybridized carbons (Fsp3) is 0.200. The maximum Gasteiger partial charge on any atom is 0.335 e. The van der Waals surface area contributed by atoms with E-state index in [0.29, 0.717) is 12.0 Å². The summed E-state index contributed by atoms with van der Waals surface area (Å²) in [7, 11) is 0. The van der Waals surface area contributed by atoms with E-state index in [1.807, 2.05) is 12.3 Å². The van der Waals surface area contributed by atoms with Crippen LogP contribution in [0, 0.1) is 13.8 Å². The number of carbonyl (C=O) groups is 1. The van der Waals surface area contributed by atoms with Gasteiger partial charge in [-0.2, -0.15) is 0 Å². The van der Waals surface area contributed by atoms with Crippen LogP contribution in [0.1, 0.15) is 44.2 Å². The molecule has 0 radical (unpaired) electrons. The monoisotopic (exact) mass is 320 g/mol. The Balaban J connectivity index is 2.02. The third-order valence-corrected chi connectivity index (χ3v) is 4.53. The van der Waals surface area contributed by atoms with Crippen molar-refractivity contribution in [2.24, 2.45) is 0 Å². The molecule has 0 saturated heterocycles. The van der Waals surface area contributed by atoms with Gasteiger partial charge in [-0.25, -0.2) is 9.78 Å². The quantitative estimate of drug-likeness (QED) is 0.744. The van der Waals surface area contributed by atoms with Crippen molar-refractivity contribution < 1.29 is 9.90 Å². The molecular weight excluding hydrogens is 300 g/mol. The summed E-state index contributed by atoms with van der Waals surface area (Å²) in [5.74, 6) is -0.793. The number of nitrogens with zero attached hydrogens (tertiary/aromatic N) is 1. The molecule has 0 amide bonds. The SMILES string of the molecule is Cc1cccc(C(Cc2cccc(C(=O)O)c2)c2cnc[nH]2)c1C. The van der Waals surface area contributed by atoms with Gasteiger partial charge in [-0.05, 0) is 54.7 Å². The van der Waals surface area contributed by atoms with Crippen LogP contribution in [-0.2, 0) is 6.42 Å². The van der Waals surface area contributed by atoms with Crippen molar-refractivity contribution in [2.45, 2.75) is 26.2 Å². The first-order valence-electron chi connectivity index (χ1n) is 7.93.